The van der Waals surface area contributed by atoms with Crippen LogP contribution >= 0.6 is 0 Å². The molecule has 0 bridgehead atoms. The van der Waals surface area contributed by atoms with E-state index in [0.717, 1.165) is 16.7 Å². The minimum absolute atomic E-state index is 0.0777. The number of carbonyl (C=O) groups excluding carboxylic acids is 2. The Labute approximate surface area is 168 Å². The number of para-hydroxylation sites is 3. The zero-order valence-corrected chi connectivity index (χ0v) is 15.9. The molecule has 0 unspecified atom stereocenters. The number of benzene rings is 3. The number of anilines is 1. The third kappa shape index (κ3) is 3.87. The molecule has 1 aromatic heterocycles. The lowest BCUT2D eigenvalue weighted by atomic mass is 10.2. The second-order valence-corrected chi connectivity index (χ2v) is 6.67. The topological polar surface area (TPSA) is 67.2 Å². The minimum Gasteiger partial charge on any atom is -0.332 e. The highest BCUT2D eigenvalue weighted by molar-refractivity contribution is 5.99. The quantitative estimate of drug-likeness (QED) is 0.570. The summed E-state index contributed by atoms with van der Waals surface area (Å²) in [6.07, 6.45) is 0. The lowest BCUT2D eigenvalue weighted by Crippen LogP contribution is -2.35. The number of amides is 2. The van der Waals surface area contributed by atoms with Crippen molar-refractivity contribution >= 4 is 28.8 Å². The van der Waals surface area contributed by atoms with Crippen LogP contribution in [0.4, 0.5) is 5.95 Å². The van der Waals surface area contributed by atoms with Crippen molar-refractivity contribution in [3.63, 3.8) is 0 Å². The van der Waals surface area contributed by atoms with Crippen molar-refractivity contribution in [2.75, 3.05) is 18.9 Å². The van der Waals surface area contributed by atoms with Crippen molar-refractivity contribution in [3.05, 3.63) is 90.5 Å². The second kappa shape index (κ2) is 7.98. The number of rotatable bonds is 5. The van der Waals surface area contributed by atoms with Gasteiger partial charge in [-0.3, -0.25) is 19.5 Å². The molecule has 144 valence electrons. The molecule has 0 aliphatic rings. The number of nitrogens with zero attached hydrogens (tertiary/aromatic N) is 3. The van der Waals surface area contributed by atoms with E-state index in [1.54, 1.807) is 31.3 Å². The van der Waals surface area contributed by atoms with E-state index >= 15 is 0 Å². The molecule has 3 aromatic carbocycles. The van der Waals surface area contributed by atoms with Crippen molar-refractivity contribution < 1.29 is 9.59 Å². The van der Waals surface area contributed by atoms with Crippen LogP contribution in [0.1, 0.15) is 10.4 Å². The molecule has 0 radical (unpaired) electrons. The van der Waals surface area contributed by atoms with Gasteiger partial charge in [0.05, 0.1) is 17.6 Å². The van der Waals surface area contributed by atoms with Gasteiger partial charge < -0.3 is 4.90 Å². The predicted octanol–water partition coefficient (Wildman–Crippen LogP) is 3.74. The van der Waals surface area contributed by atoms with Gasteiger partial charge in [0.1, 0.15) is 0 Å². The van der Waals surface area contributed by atoms with E-state index in [-0.39, 0.29) is 18.4 Å². The Bertz CT molecular complexity index is 1150. The Morgan fingerprint density at radius 3 is 2.24 bits per heavy atom. The maximum absolute atomic E-state index is 12.7. The molecule has 4 rings (SSSR count). The van der Waals surface area contributed by atoms with Crippen LogP contribution in [0, 0.1) is 0 Å². The number of imidazole rings is 1. The van der Waals surface area contributed by atoms with Crippen molar-refractivity contribution in [1.29, 1.82) is 0 Å². The van der Waals surface area contributed by atoms with E-state index in [0.29, 0.717) is 11.5 Å². The first kappa shape index (κ1) is 18.4. The van der Waals surface area contributed by atoms with Gasteiger partial charge in [-0.2, -0.15) is 0 Å². The van der Waals surface area contributed by atoms with Gasteiger partial charge >= 0.3 is 0 Å². The normalized spacial score (nSPS) is 10.7. The lowest BCUT2D eigenvalue weighted by Gasteiger charge is -2.17. The second-order valence-electron chi connectivity index (χ2n) is 6.67. The smallest absolute Gasteiger partial charge is 0.254 e. The number of nitrogens with one attached hydrogen (secondary N) is 1. The van der Waals surface area contributed by atoms with E-state index < -0.39 is 0 Å². The molecule has 29 heavy (non-hydrogen) atoms. The van der Waals surface area contributed by atoms with Crippen LogP contribution in [0.2, 0.25) is 0 Å². The molecule has 0 spiro atoms. The van der Waals surface area contributed by atoms with Gasteiger partial charge in [0.25, 0.3) is 5.91 Å². The van der Waals surface area contributed by atoms with Gasteiger partial charge in [-0.05, 0) is 36.4 Å². The number of hydrogen-bond donors (Lipinski definition) is 1. The first-order valence-corrected chi connectivity index (χ1v) is 9.27. The fourth-order valence-electron chi connectivity index (χ4n) is 3.20. The molecule has 1 N–H and O–H groups in total. The molecule has 0 saturated carbocycles. The molecule has 0 atom stereocenters. The highest BCUT2D eigenvalue weighted by Gasteiger charge is 2.18. The van der Waals surface area contributed by atoms with Crippen LogP contribution in [-0.2, 0) is 4.79 Å². The maximum Gasteiger partial charge on any atom is 0.254 e. The van der Waals surface area contributed by atoms with E-state index in [2.05, 4.69) is 10.3 Å². The van der Waals surface area contributed by atoms with Crippen LogP contribution in [-0.4, -0.2) is 39.9 Å². The van der Waals surface area contributed by atoms with Gasteiger partial charge in [0.2, 0.25) is 11.9 Å². The van der Waals surface area contributed by atoms with Crippen LogP contribution in [0.25, 0.3) is 16.7 Å². The molecule has 1 heterocycles. The van der Waals surface area contributed by atoms with Crippen LogP contribution in [0.3, 0.4) is 0 Å². The monoisotopic (exact) mass is 384 g/mol. The summed E-state index contributed by atoms with van der Waals surface area (Å²) < 4.78 is 1.90. The maximum atomic E-state index is 12.7. The summed E-state index contributed by atoms with van der Waals surface area (Å²) in [5.41, 5.74) is 3.10. The van der Waals surface area contributed by atoms with Crippen molar-refractivity contribution in [1.82, 2.24) is 14.5 Å². The van der Waals surface area contributed by atoms with Gasteiger partial charge in [-0.25, -0.2) is 4.98 Å². The summed E-state index contributed by atoms with van der Waals surface area (Å²) in [6.45, 7) is -0.0777. The fraction of sp³-hybridized carbons (Fsp3) is 0.0870. The van der Waals surface area contributed by atoms with E-state index in [1.807, 2.05) is 65.2 Å². The molecular weight excluding hydrogens is 364 g/mol. The molecule has 6 heteroatoms. The van der Waals surface area contributed by atoms with E-state index in [9.17, 15) is 9.59 Å². The van der Waals surface area contributed by atoms with Gasteiger partial charge in [-0.1, -0.05) is 48.5 Å². The highest BCUT2D eigenvalue weighted by atomic mass is 16.2. The summed E-state index contributed by atoms with van der Waals surface area (Å²) in [6, 6.07) is 26.3. The Hall–Kier alpha value is -3.93. The Balaban J connectivity index is 1.58. The SMILES string of the molecule is CN(CC(=O)Nc1nc2ccccc2n1-c1ccccc1)C(=O)c1ccccc1. The average Bonchev–Trinajstić information content (AvgIpc) is 3.12. The number of aromatic nitrogens is 2. The Kier molecular flexibility index (Phi) is 5.07. The molecule has 0 aliphatic heterocycles. The first-order chi connectivity index (χ1) is 14.1. The molecule has 0 saturated heterocycles. The van der Waals surface area contributed by atoms with Crippen molar-refractivity contribution in [2.45, 2.75) is 0 Å². The predicted molar refractivity (Wildman–Crippen MR) is 113 cm³/mol. The van der Waals surface area contributed by atoms with Crippen molar-refractivity contribution in [2.24, 2.45) is 0 Å². The summed E-state index contributed by atoms with van der Waals surface area (Å²) in [7, 11) is 1.61. The van der Waals surface area contributed by atoms with E-state index in [1.165, 1.54) is 4.90 Å². The molecule has 6 nitrogen and oxygen atoms in total. The van der Waals surface area contributed by atoms with Crippen molar-refractivity contribution in [3.8, 4) is 5.69 Å². The lowest BCUT2D eigenvalue weighted by molar-refractivity contribution is -0.116. The highest BCUT2D eigenvalue weighted by Crippen LogP contribution is 2.24. The third-order valence-electron chi connectivity index (χ3n) is 4.57. The fourth-order valence-corrected chi connectivity index (χ4v) is 3.20. The number of fused-ring (bicyclic) bond motifs is 1. The zero-order valence-electron chi connectivity index (χ0n) is 15.9. The number of carbonyl (C=O) groups is 2. The van der Waals surface area contributed by atoms with Gasteiger partial charge in [0, 0.05) is 18.3 Å². The number of likely N-dealkylation sites (N-methyl/N-ethyl adjacent to an activating group) is 1. The average molecular weight is 384 g/mol. The largest absolute Gasteiger partial charge is 0.332 e. The summed E-state index contributed by atoms with van der Waals surface area (Å²) >= 11 is 0. The zero-order chi connectivity index (χ0) is 20.2. The summed E-state index contributed by atoms with van der Waals surface area (Å²) in [4.78, 5) is 31.1. The molecule has 0 aliphatic carbocycles. The molecular formula is C23H20N4O2. The van der Waals surface area contributed by atoms with E-state index in [4.69, 9.17) is 0 Å². The summed E-state index contributed by atoms with van der Waals surface area (Å²) in [5, 5.41) is 2.85. The molecule has 2 amide bonds. The number of hydrogen-bond acceptors (Lipinski definition) is 3. The van der Waals surface area contributed by atoms with Gasteiger partial charge in [0.15, 0.2) is 0 Å². The molecule has 0 fully saturated rings. The Morgan fingerprint density at radius 1 is 0.897 bits per heavy atom. The third-order valence-corrected chi connectivity index (χ3v) is 4.57. The minimum atomic E-state index is -0.315. The van der Waals surface area contributed by atoms with Crippen LogP contribution in [0.5, 0.6) is 0 Å². The Morgan fingerprint density at radius 2 is 1.52 bits per heavy atom. The van der Waals surface area contributed by atoms with Crippen LogP contribution in [0.15, 0.2) is 84.9 Å². The van der Waals surface area contributed by atoms with Crippen LogP contribution < -0.4 is 5.32 Å². The summed E-state index contributed by atoms with van der Waals surface area (Å²) in [5.74, 6) is -0.107. The van der Waals surface area contributed by atoms with Gasteiger partial charge in [-0.15, -0.1) is 0 Å². The molecule has 4 aromatic rings. The standard InChI is InChI=1S/C23H20N4O2/c1-26(22(29)17-10-4-2-5-11-17)16-21(28)25-23-24-19-14-8-9-15-20(19)27(23)18-12-6-3-7-13-18/h2-15H,16H2,1H3,(H,24,25,28). The first-order valence-electron chi connectivity index (χ1n) is 9.27.